The van der Waals surface area contributed by atoms with Crippen LogP contribution in [0.5, 0.6) is 0 Å². The molecule has 3 N–H and O–H groups in total. The van der Waals surface area contributed by atoms with E-state index in [4.69, 9.17) is 0 Å². The number of nitrogens with zero attached hydrogens (tertiary/aromatic N) is 1. The van der Waals surface area contributed by atoms with Gasteiger partial charge in [0.05, 0.1) is 18.4 Å². The zero-order chi connectivity index (χ0) is 27.0. The highest BCUT2D eigenvalue weighted by Crippen LogP contribution is 2.36. The van der Waals surface area contributed by atoms with Gasteiger partial charge in [-0.3, -0.25) is 24.2 Å². The van der Waals surface area contributed by atoms with Crippen LogP contribution in [0, 0.1) is 11.7 Å². The molecule has 3 rings (SSSR count). The molecule has 0 radical (unpaired) electrons. The highest BCUT2D eigenvalue weighted by Gasteiger charge is 2.38. The smallest absolute Gasteiger partial charge is 0.289 e. The molecule has 11 heteroatoms. The lowest BCUT2D eigenvalue weighted by atomic mass is 9.86. The molecule has 1 heterocycles. The van der Waals surface area contributed by atoms with Crippen molar-refractivity contribution in [3.63, 3.8) is 0 Å². The predicted octanol–water partition coefficient (Wildman–Crippen LogP) is 2.46. The first kappa shape index (κ1) is 27.8. The van der Waals surface area contributed by atoms with Gasteiger partial charge in [-0.25, -0.2) is 13.2 Å². The molecule has 0 unspecified atom stereocenters. The van der Waals surface area contributed by atoms with Crippen molar-refractivity contribution in [2.75, 3.05) is 0 Å². The molecule has 1 fully saturated rings. The molecule has 1 aromatic carbocycles. The van der Waals surface area contributed by atoms with E-state index in [0.29, 0.717) is 11.3 Å². The molecular formula is C26H29F3N4O4. The Morgan fingerprint density at radius 2 is 1.70 bits per heavy atom. The maximum Gasteiger partial charge on any atom is 0.289 e. The van der Waals surface area contributed by atoms with Gasteiger partial charge in [-0.05, 0) is 37.5 Å². The molecule has 198 valence electrons. The molecule has 1 saturated carbocycles. The lowest BCUT2D eigenvalue weighted by Crippen LogP contribution is -2.54. The number of carbonyl (C=O) groups is 4. The first-order chi connectivity index (χ1) is 17.5. The van der Waals surface area contributed by atoms with Crippen LogP contribution in [0.1, 0.15) is 43.9 Å². The van der Waals surface area contributed by atoms with Gasteiger partial charge < -0.3 is 16.0 Å². The van der Waals surface area contributed by atoms with Gasteiger partial charge in [0.25, 0.3) is 5.91 Å². The van der Waals surface area contributed by atoms with Crippen molar-refractivity contribution in [3.05, 3.63) is 65.7 Å². The summed E-state index contributed by atoms with van der Waals surface area (Å²) in [6, 6.07) is 8.97. The van der Waals surface area contributed by atoms with E-state index in [1.54, 1.807) is 30.3 Å². The van der Waals surface area contributed by atoms with Crippen LogP contribution in [0.15, 0.2) is 48.7 Å². The fourth-order valence-corrected chi connectivity index (χ4v) is 3.98. The van der Waals surface area contributed by atoms with E-state index >= 15 is 0 Å². The second-order valence-electron chi connectivity index (χ2n) is 9.13. The third-order valence-corrected chi connectivity index (χ3v) is 6.20. The monoisotopic (exact) mass is 518 g/mol. The third kappa shape index (κ3) is 8.40. The molecule has 0 aliphatic heterocycles. The number of carbonyl (C=O) groups excluding carboxylic acids is 4. The van der Waals surface area contributed by atoms with Crippen molar-refractivity contribution in [1.29, 1.82) is 0 Å². The Labute approximate surface area is 212 Å². The maximum absolute atomic E-state index is 13.4. The minimum Gasteiger partial charge on any atom is -0.344 e. The topological polar surface area (TPSA) is 117 Å². The standard InChI is InChI=1S/C26H29F3N4O4/c1-16(32-24(36)18-9-11-26(28,29)12-10-18)23(35)33-21(13-17-5-3-2-4-6-17)22(34)25(37)31-15-20-8-7-19(27)14-30-20/h2-8,14,16,18,21H,9-13,15H2,1H3,(H,31,37)(H,32,36)(H,33,35)/t16-,21-/m1/s1. The number of nitrogens with one attached hydrogen (secondary N) is 3. The number of hydrogen-bond donors (Lipinski definition) is 3. The number of amides is 3. The fraction of sp³-hybridized carbons (Fsp3) is 0.423. The van der Waals surface area contributed by atoms with E-state index < -0.39 is 53.2 Å². The Morgan fingerprint density at radius 1 is 1.03 bits per heavy atom. The van der Waals surface area contributed by atoms with E-state index in [9.17, 15) is 32.3 Å². The van der Waals surface area contributed by atoms with Gasteiger partial charge in [0.2, 0.25) is 23.5 Å². The molecule has 8 nitrogen and oxygen atoms in total. The van der Waals surface area contributed by atoms with E-state index in [1.807, 2.05) is 0 Å². The number of halogens is 3. The molecule has 1 aliphatic rings. The molecule has 0 spiro atoms. The number of benzene rings is 1. The van der Waals surface area contributed by atoms with Crippen LogP contribution in [-0.4, -0.2) is 46.5 Å². The summed E-state index contributed by atoms with van der Waals surface area (Å²) in [4.78, 5) is 54.6. The summed E-state index contributed by atoms with van der Waals surface area (Å²) < 4.78 is 39.8. The average Bonchev–Trinajstić information content (AvgIpc) is 2.87. The van der Waals surface area contributed by atoms with Crippen LogP contribution in [0.25, 0.3) is 0 Å². The van der Waals surface area contributed by atoms with Crippen LogP contribution in [0.4, 0.5) is 13.2 Å². The Hall–Kier alpha value is -3.76. The Bertz CT molecular complexity index is 1100. The van der Waals surface area contributed by atoms with Crippen molar-refractivity contribution in [2.24, 2.45) is 5.92 Å². The summed E-state index contributed by atoms with van der Waals surface area (Å²) in [7, 11) is 0. The Morgan fingerprint density at radius 3 is 2.32 bits per heavy atom. The first-order valence-corrected chi connectivity index (χ1v) is 12.0. The van der Waals surface area contributed by atoms with Crippen LogP contribution in [0.2, 0.25) is 0 Å². The number of pyridine rings is 1. The molecule has 1 aromatic heterocycles. The van der Waals surface area contributed by atoms with Gasteiger partial charge >= 0.3 is 0 Å². The first-order valence-electron chi connectivity index (χ1n) is 12.0. The number of alkyl halides is 2. The van der Waals surface area contributed by atoms with Crippen molar-refractivity contribution in [2.45, 2.75) is 63.6 Å². The van der Waals surface area contributed by atoms with Crippen molar-refractivity contribution >= 4 is 23.5 Å². The minimum absolute atomic E-state index is 0.0192. The molecule has 37 heavy (non-hydrogen) atoms. The fourth-order valence-electron chi connectivity index (χ4n) is 3.98. The van der Waals surface area contributed by atoms with Crippen LogP contribution in [-0.2, 0) is 32.1 Å². The quantitative estimate of drug-likeness (QED) is 0.418. The summed E-state index contributed by atoms with van der Waals surface area (Å²) in [6.45, 7) is 1.29. The van der Waals surface area contributed by atoms with Gasteiger partial charge in [-0.2, -0.15) is 0 Å². The molecular weight excluding hydrogens is 489 g/mol. The number of rotatable bonds is 10. The SMILES string of the molecule is C[C@@H](NC(=O)C1CCC(F)(F)CC1)C(=O)N[C@H](Cc1ccccc1)C(=O)C(=O)NCc1ccc(F)cn1. The van der Waals surface area contributed by atoms with E-state index in [0.717, 1.165) is 6.20 Å². The summed E-state index contributed by atoms with van der Waals surface area (Å²) in [5.74, 6) is -7.02. The van der Waals surface area contributed by atoms with Gasteiger partial charge in [0.15, 0.2) is 0 Å². The van der Waals surface area contributed by atoms with Crippen molar-refractivity contribution < 1.29 is 32.3 Å². The molecule has 2 aromatic rings. The normalized spacial score (nSPS) is 16.8. The summed E-state index contributed by atoms with van der Waals surface area (Å²) >= 11 is 0. The van der Waals surface area contributed by atoms with Gasteiger partial charge in [-0.1, -0.05) is 30.3 Å². The van der Waals surface area contributed by atoms with Crippen LogP contribution in [0.3, 0.4) is 0 Å². The van der Waals surface area contributed by atoms with E-state index in [1.165, 1.54) is 19.1 Å². The van der Waals surface area contributed by atoms with Gasteiger partial charge in [0, 0.05) is 25.2 Å². The third-order valence-electron chi connectivity index (χ3n) is 6.20. The zero-order valence-electron chi connectivity index (χ0n) is 20.3. The molecule has 2 atom stereocenters. The van der Waals surface area contributed by atoms with Crippen molar-refractivity contribution in [1.82, 2.24) is 20.9 Å². The van der Waals surface area contributed by atoms with Crippen LogP contribution >= 0.6 is 0 Å². The summed E-state index contributed by atoms with van der Waals surface area (Å²) in [6.07, 6.45) is 0.267. The largest absolute Gasteiger partial charge is 0.344 e. The van der Waals surface area contributed by atoms with Gasteiger partial charge in [-0.15, -0.1) is 0 Å². The minimum atomic E-state index is -2.78. The molecule has 3 amide bonds. The predicted molar refractivity (Wildman–Crippen MR) is 128 cm³/mol. The van der Waals surface area contributed by atoms with Gasteiger partial charge in [0.1, 0.15) is 17.9 Å². The maximum atomic E-state index is 13.4. The average molecular weight is 519 g/mol. The highest BCUT2D eigenvalue weighted by molar-refractivity contribution is 6.38. The van der Waals surface area contributed by atoms with E-state index in [-0.39, 0.29) is 38.6 Å². The Balaban J connectivity index is 1.61. The number of aromatic nitrogens is 1. The summed E-state index contributed by atoms with van der Waals surface area (Å²) in [5.41, 5.74) is 1.02. The van der Waals surface area contributed by atoms with Crippen LogP contribution < -0.4 is 16.0 Å². The number of Topliss-reactive ketones (excluding diaryl/α,β-unsaturated/α-hetero) is 1. The lowest BCUT2D eigenvalue weighted by molar-refractivity contribution is -0.140. The second-order valence-corrected chi connectivity index (χ2v) is 9.13. The lowest BCUT2D eigenvalue weighted by Gasteiger charge is -2.28. The number of ketones is 1. The highest BCUT2D eigenvalue weighted by atomic mass is 19.3. The van der Waals surface area contributed by atoms with E-state index in [2.05, 4.69) is 20.9 Å². The molecule has 1 aliphatic carbocycles. The molecule has 0 saturated heterocycles. The number of hydrogen-bond acceptors (Lipinski definition) is 5. The summed E-state index contributed by atoms with van der Waals surface area (Å²) in [5, 5.41) is 7.46. The molecule has 0 bridgehead atoms. The Kier molecular flexibility index (Phi) is 9.37. The second kappa shape index (κ2) is 12.5. The van der Waals surface area contributed by atoms with Crippen molar-refractivity contribution in [3.8, 4) is 0 Å². The zero-order valence-corrected chi connectivity index (χ0v) is 20.3.